The lowest BCUT2D eigenvalue weighted by atomic mass is 10.0. The number of nitrogens with zero attached hydrogens (tertiary/aromatic N) is 1. The van der Waals surface area contributed by atoms with Gasteiger partial charge in [-0.3, -0.25) is 4.98 Å². The van der Waals surface area contributed by atoms with Crippen molar-refractivity contribution in [1.29, 1.82) is 0 Å². The molecule has 18 heavy (non-hydrogen) atoms. The molecule has 0 saturated heterocycles. The molecule has 96 valence electrons. The maximum Gasteiger partial charge on any atom is 0.0346 e. The lowest BCUT2D eigenvalue weighted by Gasteiger charge is -2.20. The highest BCUT2D eigenvalue weighted by molar-refractivity contribution is 5.84. The van der Waals surface area contributed by atoms with E-state index in [2.05, 4.69) is 55.3 Å². The van der Waals surface area contributed by atoms with Gasteiger partial charge in [0.05, 0.1) is 0 Å². The molecule has 1 aromatic heterocycles. The number of benzene rings is 1. The van der Waals surface area contributed by atoms with E-state index in [-0.39, 0.29) is 5.54 Å². The highest BCUT2D eigenvalue weighted by Crippen LogP contribution is 2.18. The third kappa shape index (κ3) is 3.54. The van der Waals surface area contributed by atoms with Gasteiger partial charge in [-0.05, 0) is 57.2 Å². The lowest BCUT2D eigenvalue weighted by Crippen LogP contribution is -2.36. The maximum absolute atomic E-state index is 4.17. The minimum absolute atomic E-state index is 0.211. The molecule has 1 heterocycles. The molecule has 2 nitrogen and oxygen atoms in total. The smallest absolute Gasteiger partial charge is 0.0346 e. The Bertz CT molecular complexity index is 506. The Morgan fingerprint density at radius 2 is 2.00 bits per heavy atom. The Kier molecular flexibility index (Phi) is 3.97. The number of rotatable bonds is 4. The number of hydrogen-bond donors (Lipinski definition) is 1. The molecule has 0 bridgehead atoms. The number of fused-ring (bicyclic) bond motifs is 1. The molecule has 0 aliphatic heterocycles. The van der Waals surface area contributed by atoms with E-state index in [4.69, 9.17) is 0 Å². The first-order chi connectivity index (χ1) is 8.56. The van der Waals surface area contributed by atoms with Crippen LogP contribution >= 0.6 is 0 Å². The Labute approximate surface area is 109 Å². The first-order valence-corrected chi connectivity index (χ1v) is 6.63. The fraction of sp³-hybridized carbons (Fsp3) is 0.438. The summed E-state index contributed by atoms with van der Waals surface area (Å²) in [7, 11) is 0. The zero-order valence-electron chi connectivity index (χ0n) is 11.5. The van der Waals surface area contributed by atoms with Gasteiger partial charge >= 0.3 is 0 Å². The SMILES string of the molecule is CC(C)(C)NCCCc1cccc2cnccc12. The molecule has 1 N–H and O–H groups in total. The van der Waals surface area contributed by atoms with Crippen molar-refractivity contribution < 1.29 is 0 Å². The molecular weight excluding hydrogens is 220 g/mol. The molecule has 0 radical (unpaired) electrons. The molecule has 0 unspecified atom stereocenters. The van der Waals surface area contributed by atoms with Crippen molar-refractivity contribution in [2.45, 2.75) is 39.2 Å². The highest BCUT2D eigenvalue weighted by Gasteiger charge is 2.07. The summed E-state index contributed by atoms with van der Waals surface area (Å²) in [5.41, 5.74) is 1.63. The maximum atomic E-state index is 4.17. The van der Waals surface area contributed by atoms with Crippen LogP contribution < -0.4 is 5.32 Å². The normalized spacial score (nSPS) is 11.9. The van der Waals surface area contributed by atoms with E-state index in [1.807, 2.05) is 12.4 Å². The summed E-state index contributed by atoms with van der Waals surface area (Å²) in [6, 6.07) is 8.58. The average molecular weight is 242 g/mol. The third-order valence-corrected chi connectivity index (χ3v) is 3.05. The first-order valence-electron chi connectivity index (χ1n) is 6.63. The van der Waals surface area contributed by atoms with Crippen LogP contribution in [-0.4, -0.2) is 17.1 Å². The van der Waals surface area contributed by atoms with Gasteiger partial charge in [-0.15, -0.1) is 0 Å². The van der Waals surface area contributed by atoms with Gasteiger partial charge in [0.15, 0.2) is 0 Å². The van der Waals surface area contributed by atoms with E-state index in [0.29, 0.717) is 0 Å². The van der Waals surface area contributed by atoms with Crippen molar-refractivity contribution in [3.63, 3.8) is 0 Å². The number of aryl methyl sites for hydroxylation is 1. The fourth-order valence-electron chi connectivity index (χ4n) is 2.15. The number of hydrogen-bond acceptors (Lipinski definition) is 2. The summed E-state index contributed by atoms with van der Waals surface area (Å²) < 4.78 is 0. The molecule has 0 spiro atoms. The van der Waals surface area contributed by atoms with Crippen LogP contribution in [0.15, 0.2) is 36.7 Å². The quantitative estimate of drug-likeness (QED) is 0.829. The van der Waals surface area contributed by atoms with E-state index >= 15 is 0 Å². The van der Waals surface area contributed by atoms with Gasteiger partial charge in [0, 0.05) is 23.3 Å². The summed E-state index contributed by atoms with van der Waals surface area (Å²) in [6.45, 7) is 7.68. The molecule has 0 atom stereocenters. The van der Waals surface area contributed by atoms with Crippen LogP contribution in [0.3, 0.4) is 0 Å². The third-order valence-electron chi connectivity index (χ3n) is 3.05. The zero-order valence-corrected chi connectivity index (χ0v) is 11.5. The molecular formula is C16H22N2. The molecule has 2 heteroatoms. The minimum Gasteiger partial charge on any atom is -0.312 e. The lowest BCUT2D eigenvalue weighted by molar-refractivity contribution is 0.422. The van der Waals surface area contributed by atoms with Crippen molar-refractivity contribution >= 4 is 10.8 Å². The van der Waals surface area contributed by atoms with E-state index in [0.717, 1.165) is 13.0 Å². The molecule has 1 aromatic carbocycles. The van der Waals surface area contributed by atoms with E-state index in [1.165, 1.54) is 22.8 Å². The van der Waals surface area contributed by atoms with Gasteiger partial charge in [0.2, 0.25) is 0 Å². The Hall–Kier alpha value is -1.41. The summed E-state index contributed by atoms with van der Waals surface area (Å²) in [6.07, 6.45) is 6.09. The van der Waals surface area contributed by atoms with Crippen LogP contribution in [0, 0.1) is 0 Å². The monoisotopic (exact) mass is 242 g/mol. The van der Waals surface area contributed by atoms with Crippen molar-refractivity contribution in [2.24, 2.45) is 0 Å². The van der Waals surface area contributed by atoms with Gasteiger partial charge < -0.3 is 5.32 Å². The average Bonchev–Trinajstić information content (AvgIpc) is 2.33. The van der Waals surface area contributed by atoms with E-state index < -0.39 is 0 Å². The molecule has 0 aliphatic carbocycles. The minimum atomic E-state index is 0.211. The van der Waals surface area contributed by atoms with Gasteiger partial charge in [0.25, 0.3) is 0 Å². The first kappa shape index (κ1) is 13.0. The second-order valence-corrected chi connectivity index (χ2v) is 5.79. The number of aromatic nitrogens is 1. The molecule has 0 saturated carbocycles. The molecule has 0 aliphatic rings. The van der Waals surface area contributed by atoms with Crippen molar-refractivity contribution in [3.05, 3.63) is 42.2 Å². The Morgan fingerprint density at radius 1 is 1.17 bits per heavy atom. The largest absolute Gasteiger partial charge is 0.312 e. The molecule has 0 fully saturated rings. The van der Waals surface area contributed by atoms with E-state index in [9.17, 15) is 0 Å². The van der Waals surface area contributed by atoms with Crippen LogP contribution in [0.5, 0.6) is 0 Å². The summed E-state index contributed by atoms with van der Waals surface area (Å²) in [5, 5.41) is 6.10. The van der Waals surface area contributed by atoms with Crippen molar-refractivity contribution in [3.8, 4) is 0 Å². The van der Waals surface area contributed by atoms with E-state index in [1.54, 1.807) is 0 Å². The highest BCUT2D eigenvalue weighted by atomic mass is 14.9. The number of pyridine rings is 1. The topological polar surface area (TPSA) is 24.9 Å². The van der Waals surface area contributed by atoms with Crippen LogP contribution in [0.2, 0.25) is 0 Å². The summed E-state index contributed by atoms with van der Waals surface area (Å²) in [5.74, 6) is 0. The van der Waals surface area contributed by atoms with Crippen LogP contribution in [-0.2, 0) is 6.42 Å². The van der Waals surface area contributed by atoms with Crippen molar-refractivity contribution in [2.75, 3.05) is 6.54 Å². The second-order valence-electron chi connectivity index (χ2n) is 5.79. The predicted molar refractivity (Wildman–Crippen MR) is 77.8 cm³/mol. The zero-order chi connectivity index (χ0) is 13.0. The fourth-order valence-corrected chi connectivity index (χ4v) is 2.15. The van der Waals surface area contributed by atoms with Crippen LogP contribution in [0.1, 0.15) is 32.8 Å². The number of nitrogens with one attached hydrogen (secondary N) is 1. The Balaban J connectivity index is 2.00. The Morgan fingerprint density at radius 3 is 2.78 bits per heavy atom. The van der Waals surface area contributed by atoms with Gasteiger partial charge in [-0.1, -0.05) is 18.2 Å². The second kappa shape index (κ2) is 5.49. The van der Waals surface area contributed by atoms with Crippen LogP contribution in [0.25, 0.3) is 10.8 Å². The predicted octanol–water partition coefficient (Wildman–Crippen LogP) is 3.56. The molecule has 2 aromatic rings. The molecule has 2 rings (SSSR count). The summed E-state index contributed by atoms with van der Waals surface area (Å²) in [4.78, 5) is 4.17. The standard InChI is InChI=1S/C16H22N2/c1-16(2,3)18-10-5-8-13-6-4-7-14-12-17-11-9-15(13)14/h4,6-7,9,11-12,18H,5,8,10H2,1-3H3. The molecule has 0 amide bonds. The van der Waals surface area contributed by atoms with Crippen LogP contribution in [0.4, 0.5) is 0 Å². The van der Waals surface area contributed by atoms with Gasteiger partial charge in [-0.2, -0.15) is 0 Å². The summed E-state index contributed by atoms with van der Waals surface area (Å²) >= 11 is 0. The van der Waals surface area contributed by atoms with Gasteiger partial charge in [-0.25, -0.2) is 0 Å². The van der Waals surface area contributed by atoms with Gasteiger partial charge in [0.1, 0.15) is 0 Å². The van der Waals surface area contributed by atoms with Crippen molar-refractivity contribution in [1.82, 2.24) is 10.3 Å².